The first-order valence-electron chi connectivity index (χ1n) is 3.63. The summed E-state index contributed by atoms with van der Waals surface area (Å²) in [6.45, 7) is 6.79. The van der Waals surface area contributed by atoms with E-state index in [1.54, 1.807) is 13.8 Å². The molecule has 0 rings (SSSR count). The van der Waals surface area contributed by atoms with E-state index in [1.165, 1.54) is 0 Å². The van der Waals surface area contributed by atoms with Gasteiger partial charge in [-0.2, -0.15) is 0 Å². The van der Waals surface area contributed by atoms with Gasteiger partial charge in [-0.05, 0) is 12.8 Å². The zero-order valence-electron chi connectivity index (χ0n) is 6.92. The molecule has 0 spiro atoms. The second kappa shape index (κ2) is 3.53. The molecule has 11 heavy (non-hydrogen) atoms. The van der Waals surface area contributed by atoms with Crippen molar-refractivity contribution in [2.75, 3.05) is 0 Å². The van der Waals surface area contributed by atoms with E-state index in [0.29, 0.717) is 12.8 Å². The summed E-state index contributed by atoms with van der Waals surface area (Å²) in [5, 5.41) is 18.1. The molecular formula is C8H14O3. The summed E-state index contributed by atoms with van der Waals surface area (Å²) in [6, 6.07) is 0. The first kappa shape index (κ1) is 10.2. The van der Waals surface area contributed by atoms with Gasteiger partial charge in [0.2, 0.25) is 0 Å². The third-order valence-electron chi connectivity index (χ3n) is 1.99. The molecule has 0 aliphatic heterocycles. The average Bonchev–Trinajstić information content (AvgIpc) is 2.01. The average molecular weight is 158 g/mol. The summed E-state index contributed by atoms with van der Waals surface area (Å²) in [7, 11) is 0. The van der Waals surface area contributed by atoms with Crippen LogP contribution in [0.15, 0.2) is 12.2 Å². The predicted molar refractivity (Wildman–Crippen MR) is 42.3 cm³/mol. The van der Waals surface area contributed by atoms with E-state index >= 15 is 0 Å². The molecule has 0 aromatic heterocycles. The Bertz CT molecular complexity index is 168. The Kier molecular flexibility index (Phi) is 3.26. The van der Waals surface area contributed by atoms with Crippen LogP contribution in [0.25, 0.3) is 0 Å². The molecule has 0 radical (unpaired) electrons. The molecule has 3 nitrogen and oxygen atoms in total. The van der Waals surface area contributed by atoms with Gasteiger partial charge in [0.25, 0.3) is 0 Å². The third kappa shape index (κ3) is 2.05. The van der Waals surface area contributed by atoms with Crippen molar-refractivity contribution < 1.29 is 15.0 Å². The van der Waals surface area contributed by atoms with E-state index in [9.17, 15) is 9.90 Å². The van der Waals surface area contributed by atoms with E-state index in [1.807, 2.05) is 0 Å². The predicted octanol–water partition coefficient (Wildman–Crippen LogP) is 1.18. The second-order valence-corrected chi connectivity index (χ2v) is 2.52. The number of carboxylic acid groups (broad SMARTS) is 1. The summed E-state index contributed by atoms with van der Waals surface area (Å²) in [5.74, 6) is -1.13. The molecule has 0 unspecified atom stereocenters. The molecule has 3 heteroatoms. The minimum absolute atomic E-state index is 0.123. The zero-order valence-corrected chi connectivity index (χ0v) is 6.92. The molecule has 0 aromatic rings. The molecule has 2 N–H and O–H groups in total. The monoisotopic (exact) mass is 158 g/mol. The molecule has 0 saturated carbocycles. The summed E-state index contributed by atoms with van der Waals surface area (Å²) in [5.41, 5.74) is -1.35. The van der Waals surface area contributed by atoms with E-state index in [2.05, 4.69) is 6.58 Å². The first-order valence-corrected chi connectivity index (χ1v) is 3.63. The summed E-state index contributed by atoms with van der Waals surface area (Å²) >= 11 is 0. The van der Waals surface area contributed by atoms with Gasteiger partial charge in [-0.3, -0.25) is 0 Å². The van der Waals surface area contributed by atoms with Crippen LogP contribution in [-0.2, 0) is 4.79 Å². The molecule has 0 heterocycles. The summed E-state index contributed by atoms with van der Waals surface area (Å²) in [6.07, 6.45) is 0.767. The number of hydrogen-bond donors (Lipinski definition) is 2. The Hall–Kier alpha value is -0.830. The van der Waals surface area contributed by atoms with Gasteiger partial charge >= 0.3 is 5.97 Å². The lowest BCUT2D eigenvalue weighted by Gasteiger charge is -2.24. The number of carbonyl (C=O) groups is 1. The van der Waals surface area contributed by atoms with Gasteiger partial charge in [-0.15, -0.1) is 0 Å². The van der Waals surface area contributed by atoms with Crippen molar-refractivity contribution in [2.24, 2.45) is 0 Å². The van der Waals surface area contributed by atoms with Crippen molar-refractivity contribution in [3.05, 3.63) is 12.2 Å². The lowest BCUT2D eigenvalue weighted by Crippen LogP contribution is -2.32. The van der Waals surface area contributed by atoms with E-state index < -0.39 is 11.6 Å². The fraction of sp³-hybridized carbons (Fsp3) is 0.625. The lowest BCUT2D eigenvalue weighted by atomic mass is 9.89. The molecule has 0 aliphatic carbocycles. The fourth-order valence-electron chi connectivity index (χ4n) is 0.876. The minimum atomic E-state index is -1.23. The molecule has 0 amide bonds. The SMILES string of the molecule is C=C(C(=O)O)C(O)(CC)CC. The van der Waals surface area contributed by atoms with Gasteiger partial charge < -0.3 is 10.2 Å². The van der Waals surface area contributed by atoms with Crippen LogP contribution in [0, 0.1) is 0 Å². The summed E-state index contributed by atoms with van der Waals surface area (Å²) in [4.78, 5) is 10.4. The van der Waals surface area contributed by atoms with Crippen molar-refractivity contribution >= 4 is 5.97 Å². The Morgan fingerprint density at radius 1 is 1.45 bits per heavy atom. The Morgan fingerprint density at radius 2 is 1.82 bits per heavy atom. The topological polar surface area (TPSA) is 57.5 Å². The number of carboxylic acids is 1. The van der Waals surface area contributed by atoms with E-state index in [0.717, 1.165) is 0 Å². The standard InChI is InChI=1S/C8H14O3/c1-4-8(11,5-2)6(3)7(9)10/h11H,3-5H2,1-2H3,(H,9,10). The van der Waals surface area contributed by atoms with Crippen molar-refractivity contribution in [2.45, 2.75) is 32.3 Å². The first-order chi connectivity index (χ1) is 4.98. The van der Waals surface area contributed by atoms with Gasteiger partial charge in [-0.25, -0.2) is 4.79 Å². The van der Waals surface area contributed by atoms with Crippen LogP contribution in [0.3, 0.4) is 0 Å². The molecule has 0 saturated heterocycles. The van der Waals surface area contributed by atoms with Crippen molar-refractivity contribution in [3.63, 3.8) is 0 Å². The van der Waals surface area contributed by atoms with Crippen LogP contribution < -0.4 is 0 Å². The molecule has 0 aliphatic rings. The van der Waals surface area contributed by atoms with Crippen molar-refractivity contribution in [1.29, 1.82) is 0 Å². The van der Waals surface area contributed by atoms with Gasteiger partial charge in [0.15, 0.2) is 0 Å². The van der Waals surface area contributed by atoms with Gasteiger partial charge in [-0.1, -0.05) is 20.4 Å². The van der Waals surface area contributed by atoms with E-state index in [4.69, 9.17) is 5.11 Å². The Labute approximate surface area is 66.4 Å². The Morgan fingerprint density at radius 3 is 1.91 bits per heavy atom. The maximum Gasteiger partial charge on any atom is 0.333 e. The van der Waals surface area contributed by atoms with Crippen LogP contribution in [0.1, 0.15) is 26.7 Å². The van der Waals surface area contributed by atoms with Crippen LogP contribution in [-0.4, -0.2) is 21.8 Å². The van der Waals surface area contributed by atoms with Crippen LogP contribution in [0.5, 0.6) is 0 Å². The smallest absolute Gasteiger partial charge is 0.333 e. The summed E-state index contributed by atoms with van der Waals surface area (Å²) < 4.78 is 0. The normalized spacial score (nSPS) is 11.2. The highest BCUT2D eigenvalue weighted by molar-refractivity contribution is 5.88. The third-order valence-corrected chi connectivity index (χ3v) is 1.99. The lowest BCUT2D eigenvalue weighted by molar-refractivity contribution is -0.135. The van der Waals surface area contributed by atoms with Gasteiger partial charge in [0.05, 0.1) is 11.2 Å². The maximum absolute atomic E-state index is 10.4. The van der Waals surface area contributed by atoms with Gasteiger partial charge in [0.1, 0.15) is 0 Å². The largest absolute Gasteiger partial charge is 0.478 e. The molecule has 0 fully saturated rings. The molecule has 0 aromatic carbocycles. The zero-order chi connectivity index (χ0) is 9.07. The number of aliphatic carboxylic acids is 1. The van der Waals surface area contributed by atoms with Crippen LogP contribution in [0.2, 0.25) is 0 Å². The molecular weight excluding hydrogens is 144 g/mol. The highest BCUT2D eigenvalue weighted by Crippen LogP contribution is 2.23. The highest BCUT2D eigenvalue weighted by Gasteiger charge is 2.30. The number of rotatable bonds is 4. The highest BCUT2D eigenvalue weighted by atomic mass is 16.4. The number of aliphatic hydroxyl groups is 1. The van der Waals surface area contributed by atoms with E-state index in [-0.39, 0.29) is 5.57 Å². The van der Waals surface area contributed by atoms with Crippen LogP contribution >= 0.6 is 0 Å². The van der Waals surface area contributed by atoms with Crippen molar-refractivity contribution in [3.8, 4) is 0 Å². The Balaban J connectivity index is 4.50. The van der Waals surface area contributed by atoms with Crippen LogP contribution in [0.4, 0.5) is 0 Å². The number of hydrogen-bond acceptors (Lipinski definition) is 2. The second-order valence-electron chi connectivity index (χ2n) is 2.52. The fourth-order valence-corrected chi connectivity index (χ4v) is 0.876. The molecule has 0 atom stereocenters. The molecule has 0 bridgehead atoms. The minimum Gasteiger partial charge on any atom is -0.478 e. The quantitative estimate of drug-likeness (QED) is 0.604. The molecule has 64 valence electrons. The maximum atomic E-state index is 10.4. The van der Waals surface area contributed by atoms with Gasteiger partial charge in [0, 0.05) is 0 Å². The van der Waals surface area contributed by atoms with Crippen molar-refractivity contribution in [1.82, 2.24) is 0 Å².